The molecule has 0 fully saturated rings. The van der Waals surface area contributed by atoms with Crippen LogP contribution in [0.4, 0.5) is 0 Å². The predicted octanol–water partition coefficient (Wildman–Crippen LogP) is 5.62. The van der Waals surface area contributed by atoms with Gasteiger partial charge in [0.2, 0.25) is 0 Å². The van der Waals surface area contributed by atoms with E-state index in [1.165, 1.54) is 31.9 Å². The van der Waals surface area contributed by atoms with E-state index in [4.69, 9.17) is 0 Å². The van der Waals surface area contributed by atoms with Crippen LogP contribution in [-0.2, 0) is 0 Å². The Morgan fingerprint density at radius 1 is 0.737 bits per heavy atom. The van der Waals surface area contributed by atoms with E-state index in [1.54, 1.807) is 22.7 Å². The summed E-state index contributed by atoms with van der Waals surface area (Å²) in [5.41, 5.74) is 3.76. The molecule has 0 unspecified atom stereocenters. The highest BCUT2D eigenvalue weighted by Crippen LogP contribution is 2.41. The van der Waals surface area contributed by atoms with Gasteiger partial charge in [0.05, 0.1) is 10.6 Å². The Morgan fingerprint density at radius 2 is 1.47 bits per heavy atom. The molecular formula is C16H11NS2. The molecule has 0 bridgehead atoms. The van der Waals surface area contributed by atoms with Crippen LogP contribution in [0.25, 0.3) is 31.9 Å². The normalized spacial score (nSPS) is 11.2. The SMILES string of the molecule is c1csc(-c2[nH]c3ccccc3c2-c2cccs2)c1. The topological polar surface area (TPSA) is 15.8 Å². The van der Waals surface area contributed by atoms with Crippen LogP contribution in [0.5, 0.6) is 0 Å². The second-order valence-corrected chi connectivity index (χ2v) is 6.27. The van der Waals surface area contributed by atoms with E-state index >= 15 is 0 Å². The van der Waals surface area contributed by atoms with E-state index in [1.807, 2.05) is 0 Å². The number of H-pyrrole nitrogens is 1. The minimum atomic E-state index is 1.20. The Hall–Kier alpha value is -1.84. The summed E-state index contributed by atoms with van der Waals surface area (Å²) in [5, 5.41) is 5.56. The lowest BCUT2D eigenvalue weighted by Gasteiger charge is -2.00. The van der Waals surface area contributed by atoms with Crippen LogP contribution in [0.3, 0.4) is 0 Å². The number of benzene rings is 1. The average molecular weight is 281 g/mol. The molecule has 0 amide bonds. The van der Waals surface area contributed by atoms with Crippen molar-refractivity contribution in [2.45, 2.75) is 0 Å². The van der Waals surface area contributed by atoms with Crippen molar-refractivity contribution in [3.8, 4) is 21.0 Å². The molecule has 0 aliphatic heterocycles. The standard InChI is InChI=1S/C16H11NS2/c1-2-6-12-11(5-1)15(13-7-3-9-18-13)16(17-12)14-8-4-10-19-14/h1-10,17H. The number of hydrogen-bond acceptors (Lipinski definition) is 2. The van der Waals surface area contributed by atoms with Crippen LogP contribution < -0.4 is 0 Å². The van der Waals surface area contributed by atoms with Crippen LogP contribution >= 0.6 is 22.7 Å². The van der Waals surface area contributed by atoms with Gasteiger partial charge in [-0.2, -0.15) is 0 Å². The first-order valence-corrected chi connectivity index (χ1v) is 7.88. The minimum Gasteiger partial charge on any atom is -0.353 e. The van der Waals surface area contributed by atoms with Crippen LogP contribution in [0, 0.1) is 0 Å². The number of nitrogens with one attached hydrogen (secondary N) is 1. The van der Waals surface area contributed by atoms with Gasteiger partial charge in [-0.15, -0.1) is 22.7 Å². The van der Waals surface area contributed by atoms with E-state index < -0.39 is 0 Å². The molecule has 3 heterocycles. The molecule has 0 aliphatic rings. The molecule has 0 atom stereocenters. The summed E-state index contributed by atoms with van der Waals surface area (Å²) in [5.74, 6) is 0. The molecule has 92 valence electrons. The first kappa shape index (κ1) is 11.0. The molecule has 3 heteroatoms. The highest BCUT2D eigenvalue weighted by molar-refractivity contribution is 7.14. The maximum atomic E-state index is 3.57. The number of fused-ring (bicyclic) bond motifs is 1. The van der Waals surface area contributed by atoms with Gasteiger partial charge >= 0.3 is 0 Å². The van der Waals surface area contributed by atoms with Gasteiger partial charge in [-0.1, -0.05) is 30.3 Å². The predicted molar refractivity (Wildman–Crippen MR) is 84.9 cm³/mol. The summed E-state index contributed by atoms with van der Waals surface area (Å²) >= 11 is 3.57. The lowest BCUT2D eigenvalue weighted by molar-refractivity contribution is 1.48. The Morgan fingerprint density at radius 3 is 2.21 bits per heavy atom. The van der Waals surface area contributed by atoms with Crippen molar-refractivity contribution in [1.29, 1.82) is 0 Å². The fourth-order valence-electron chi connectivity index (χ4n) is 2.42. The smallest absolute Gasteiger partial charge is 0.0654 e. The van der Waals surface area contributed by atoms with E-state index in [0.717, 1.165) is 0 Å². The Bertz CT molecular complexity index is 808. The summed E-state index contributed by atoms with van der Waals surface area (Å²) < 4.78 is 0. The lowest BCUT2D eigenvalue weighted by Crippen LogP contribution is -1.75. The molecule has 0 saturated heterocycles. The number of hydrogen-bond donors (Lipinski definition) is 1. The summed E-state index contributed by atoms with van der Waals surface area (Å²) in [6.45, 7) is 0. The van der Waals surface area contributed by atoms with Gasteiger partial charge < -0.3 is 4.98 Å². The van der Waals surface area contributed by atoms with Crippen molar-refractivity contribution in [2.75, 3.05) is 0 Å². The van der Waals surface area contributed by atoms with Gasteiger partial charge in [-0.05, 0) is 29.0 Å². The van der Waals surface area contributed by atoms with Crippen molar-refractivity contribution in [3.63, 3.8) is 0 Å². The fraction of sp³-hybridized carbons (Fsp3) is 0. The largest absolute Gasteiger partial charge is 0.353 e. The summed E-state index contributed by atoms with van der Waals surface area (Å²) in [7, 11) is 0. The third-order valence-electron chi connectivity index (χ3n) is 3.24. The molecule has 1 N–H and O–H groups in total. The molecule has 0 saturated carbocycles. The van der Waals surface area contributed by atoms with E-state index in [-0.39, 0.29) is 0 Å². The molecule has 1 nitrogen and oxygen atoms in total. The highest BCUT2D eigenvalue weighted by atomic mass is 32.1. The van der Waals surface area contributed by atoms with Crippen LogP contribution in [0.2, 0.25) is 0 Å². The van der Waals surface area contributed by atoms with Gasteiger partial charge in [0.15, 0.2) is 0 Å². The van der Waals surface area contributed by atoms with Gasteiger partial charge in [0.1, 0.15) is 0 Å². The zero-order valence-corrected chi connectivity index (χ0v) is 11.7. The zero-order valence-electron chi connectivity index (χ0n) is 10.1. The van der Waals surface area contributed by atoms with Crippen LogP contribution in [0.1, 0.15) is 0 Å². The molecule has 1 aromatic carbocycles. The monoisotopic (exact) mass is 281 g/mol. The molecule has 0 aliphatic carbocycles. The van der Waals surface area contributed by atoms with E-state index in [2.05, 4.69) is 64.3 Å². The summed E-state index contributed by atoms with van der Waals surface area (Å²) in [6, 6.07) is 17.1. The third kappa shape index (κ3) is 1.74. The number of rotatable bonds is 2. The number of thiophene rings is 2. The highest BCUT2D eigenvalue weighted by Gasteiger charge is 2.15. The van der Waals surface area contributed by atoms with Gasteiger partial charge in [0.25, 0.3) is 0 Å². The first-order chi connectivity index (χ1) is 9.43. The summed E-state index contributed by atoms with van der Waals surface area (Å²) in [4.78, 5) is 6.18. The molecule has 4 aromatic rings. The number of aromatic amines is 1. The minimum absolute atomic E-state index is 1.20. The van der Waals surface area contributed by atoms with Crippen LogP contribution in [0.15, 0.2) is 59.3 Å². The second kappa shape index (κ2) is 4.37. The zero-order chi connectivity index (χ0) is 12.7. The van der Waals surface area contributed by atoms with Crippen molar-refractivity contribution in [1.82, 2.24) is 4.98 Å². The fourth-order valence-corrected chi connectivity index (χ4v) is 3.95. The number of para-hydroxylation sites is 1. The van der Waals surface area contributed by atoms with Gasteiger partial charge in [-0.3, -0.25) is 0 Å². The van der Waals surface area contributed by atoms with Crippen molar-refractivity contribution in [2.24, 2.45) is 0 Å². The quantitative estimate of drug-likeness (QED) is 0.490. The lowest BCUT2D eigenvalue weighted by atomic mass is 10.1. The van der Waals surface area contributed by atoms with Crippen molar-refractivity contribution >= 4 is 33.6 Å². The maximum Gasteiger partial charge on any atom is 0.0654 e. The Labute approximate surface area is 119 Å². The van der Waals surface area contributed by atoms with Crippen LogP contribution in [-0.4, -0.2) is 4.98 Å². The second-order valence-electron chi connectivity index (χ2n) is 4.38. The number of aromatic nitrogens is 1. The summed E-state index contributed by atoms with van der Waals surface area (Å²) in [6.07, 6.45) is 0. The van der Waals surface area contributed by atoms with Crippen molar-refractivity contribution in [3.05, 3.63) is 59.3 Å². The molecule has 4 rings (SSSR count). The Balaban J connectivity index is 2.10. The molecular weight excluding hydrogens is 270 g/mol. The van der Waals surface area contributed by atoms with E-state index in [9.17, 15) is 0 Å². The molecule has 0 spiro atoms. The molecule has 19 heavy (non-hydrogen) atoms. The van der Waals surface area contributed by atoms with E-state index in [0.29, 0.717) is 0 Å². The molecule has 3 aromatic heterocycles. The Kier molecular flexibility index (Phi) is 2.53. The van der Waals surface area contributed by atoms with Gasteiger partial charge in [0, 0.05) is 21.3 Å². The average Bonchev–Trinajstić information content (AvgIpc) is 3.17. The van der Waals surface area contributed by atoms with Crippen molar-refractivity contribution < 1.29 is 0 Å². The van der Waals surface area contributed by atoms with Gasteiger partial charge in [-0.25, -0.2) is 0 Å². The molecule has 0 radical (unpaired) electrons. The maximum absolute atomic E-state index is 3.57. The third-order valence-corrected chi connectivity index (χ3v) is 5.02. The first-order valence-electron chi connectivity index (χ1n) is 6.12.